The minimum absolute atomic E-state index is 0.136. The van der Waals surface area contributed by atoms with E-state index in [4.69, 9.17) is 10.7 Å². The molecule has 2 aromatic heterocycles. The summed E-state index contributed by atoms with van der Waals surface area (Å²) in [5.41, 5.74) is 8.45. The second-order valence-corrected chi connectivity index (χ2v) is 9.40. The van der Waals surface area contributed by atoms with Gasteiger partial charge in [0, 0.05) is 42.5 Å². The summed E-state index contributed by atoms with van der Waals surface area (Å²) in [5, 5.41) is 0.746. The molecular formula is C23H20F2N6S2. The molecule has 5 rings (SSSR count). The van der Waals surface area contributed by atoms with Gasteiger partial charge in [0.05, 0.1) is 22.0 Å². The number of alkyl halides is 1. The lowest BCUT2D eigenvalue weighted by Gasteiger charge is -2.15. The highest BCUT2D eigenvalue weighted by Gasteiger charge is 2.24. The van der Waals surface area contributed by atoms with Gasteiger partial charge in [-0.1, -0.05) is 36.4 Å². The molecule has 6 nitrogen and oxygen atoms in total. The van der Waals surface area contributed by atoms with Crippen LogP contribution < -0.4 is 10.5 Å². The van der Waals surface area contributed by atoms with Gasteiger partial charge in [-0.15, -0.1) is 11.3 Å². The van der Waals surface area contributed by atoms with Gasteiger partial charge in [0.2, 0.25) is 5.95 Å². The molecule has 168 valence electrons. The average molecular weight is 483 g/mol. The summed E-state index contributed by atoms with van der Waals surface area (Å²) in [7, 11) is 0. The van der Waals surface area contributed by atoms with Crippen LogP contribution in [0.2, 0.25) is 0 Å². The van der Waals surface area contributed by atoms with E-state index in [1.165, 1.54) is 23.5 Å². The molecule has 1 aliphatic heterocycles. The maximum absolute atomic E-state index is 15.6. The molecule has 2 aromatic carbocycles. The first kappa shape index (κ1) is 21.7. The van der Waals surface area contributed by atoms with Gasteiger partial charge in [-0.3, -0.25) is 0 Å². The summed E-state index contributed by atoms with van der Waals surface area (Å²) in [6.07, 6.45) is 1.22. The van der Waals surface area contributed by atoms with Gasteiger partial charge in [-0.25, -0.2) is 28.0 Å². The molecule has 0 amide bonds. The van der Waals surface area contributed by atoms with Crippen LogP contribution in [0.4, 0.5) is 20.4 Å². The number of nitrogens with zero attached hydrogens (tertiary/aromatic N) is 4. The van der Waals surface area contributed by atoms with Crippen molar-refractivity contribution < 1.29 is 8.78 Å². The Morgan fingerprint density at radius 3 is 2.70 bits per heavy atom. The van der Waals surface area contributed by atoms with E-state index in [9.17, 15) is 4.39 Å². The third-order valence-corrected chi connectivity index (χ3v) is 7.21. The van der Waals surface area contributed by atoms with E-state index >= 15 is 4.39 Å². The van der Waals surface area contributed by atoms with Gasteiger partial charge in [0.15, 0.2) is 5.82 Å². The number of hydrogen-bond acceptors (Lipinski definition) is 8. The van der Waals surface area contributed by atoms with E-state index in [2.05, 4.69) is 14.7 Å². The van der Waals surface area contributed by atoms with E-state index < -0.39 is 12.0 Å². The molecule has 0 radical (unpaired) electrons. The Labute approximate surface area is 198 Å². The Balaban J connectivity index is 1.54. The fraction of sp³-hybridized carbons (Fsp3) is 0.174. The Hall–Kier alpha value is -3.08. The summed E-state index contributed by atoms with van der Waals surface area (Å²) >= 11 is 2.63. The van der Waals surface area contributed by atoms with Gasteiger partial charge >= 0.3 is 0 Å². The van der Waals surface area contributed by atoms with E-state index in [-0.39, 0.29) is 5.95 Å². The molecule has 0 unspecified atom stereocenters. The van der Waals surface area contributed by atoms with Gasteiger partial charge in [0.25, 0.3) is 0 Å². The highest BCUT2D eigenvalue weighted by atomic mass is 32.2. The normalized spacial score (nSPS) is 16.2. The van der Waals surface area contributed by atoms with Crippen molar-refractivity contribution in [3.8, 4) is 32.4 Å². The fourth-order valence-corrected chi connectivity index (χ4v) is 5.43. The molecule has 4 aromatic rings. The molecule has 1 saturated heterocycles. The number of thiazole rings is 1. The molecule has 3 N–H and O–H groups in total. The zero-order valence-corrected chi connectivity index (χ0v) is 19.0. The van der Waals surface area contributed by atoms with Gasteiger partial charge in [0.1, 0.15) is 11.2 Å². The smallest absolute Gasteiger partial charge is 0.220 e. The summed E-state index contributed by atoms with van der Waals surface area (Å²) in [6, 6.07) is 16.6. The summed E-state index contributed by atoms with van der Waals surface area (Å²) in [6.45, 7) is 0.941. The molecule has 3 heterocycles. The Morgan fingerprint density at radius 2 is 1.94 bits per heavy atom. The Morgan fingerprint density at radius 1 is 1.09 bits per heavy atom. The molecular weight excluding hydrogens is 462 g/mol. The first-order valence-electron chi connectivity index (χ1n) is 10.3. The number of rotatable bonds is 6. The van der Waals surface area contributed by atoms with Crippen molar-refractivity contribution in [1.29, 1.82) is 0 Å². The van der Waals surface area contributed by atoms with Gasteiger partial charge in [-0.2, -0.15) is 0 Å². The van der Waals surface area contributed by atoms with E-state index in [0.717, 1.165) is 10.6 Å². The maximum atomic E-state index is 15.6. The third-order valence-electron chi connectivity index (χ3n) is 5.19. The molecule has 1 aliphatic rings. The Bertz CT molecular complexity index is 1270. The quantitative estimate of drug-likeness (QED) is 0.343. The number of anilines is 2. The van der Waals surface area contributed by atoms with Gasteiger partial charge < -0.3 is 10.5 Å². The molecule has 0 saturated carbocycles. The van der Waals surface area contributed by atoms with Crippen LogP contribution in [0.3, 0.4) is 0 Å². The Kier molecular flexibility index (Phi) is 6.21. The minimum Gasteiger partial charge on any atom is -0.368 e. The number of aromatic nitrogens is 3. The highest BCUT2D eigenvalue weighted by Crippen LogP contribution is 2.42. The molecule has 33 heavy (non-hydrogen) atoms. The number of nitrogens with one attached hydrogen (secondary N) is 1. The van der Waals surface area contributed by atoms with Crippen molar-refractivity contribution >= 4 is 35.1 Å². The predicted octanol–water partition coefficient (Wildman–Crippen LogP) is 5.67. The van der Waals surface area contributed by atoms with Crippen LogP contribution in [-0.4, -0.2) is 38.5 Å². The third kappa shape index (κ3) is 4.68. The first-order chi connectivity index (χ1) is 16.1. The summed E-state index contributed by atoms with van der Waals surface area (Å²) in [4.78, 5) is 13.8. The van der Waals surface area contributed by atoms with Crippen molar-refractivity contribution in [1.82, 2.24) is 19.3 Å². The number of hydrogen-bond donors (Lipinski definition) is 2. The number of benzene rings is 2. The van der Waals surface area contributed by atoms with Crippen molar-refractivity contribution in [2.75, 3.05) is 23.5 Å². The molecule has 10 heteroatoms. The SMILES string of the molecule is Nc1nccc(-c2sc(-c3ccccc3)nc2-c2cccc(NSN3CC[C@@H](F)C3)c2F)n1. The maximum Gasteiger partial charge on any atom is 0.220 e. The van der Waals surface area contributed by atoms with Crippen LogP contribution >= 0.6 is 23.5 Å². The van der Waals surface area contributed by atoms with Crippen LogP contribution in [0, 0.1) is 5.82 Å². The van der Waals surface area contributed by atoms with Crippen LogP contribution in [0.15, 0.2) is 60.8 Å². The summed E-state index contributed by atoms with van der Waals surface area (Å²) in [5.74, 6) is -0.300. The molecule has 0 spiro atoms. The zero-order chi connectivity index (χ0) is 22.8. The lowest BCUT2D eigenvalue weighted by molar-refractivity contribution is 0.349. The number of nitrogens with two attached hydrogens (primary N) is 1. The fourth-order valence-electron chi connectivity index (χ4n) is 3.56. The van der Waals surface area contributed by atoms with Gasteiger partial charge in [-0.05, 0) is 24.6 Å². The van der Waals surface area contributed by atoms with E-state index in [1.54, 1.807) is 30.5 Å². The average Bonchev–Trinajstić information content (AvgIpc) is 3.45. The minimum atomic E-state index is -0.843. The zero-order valence-electron chi connectivity index (χ0n) is 17.4. The monoisotopic (exact) mass is 482 g/mol. The summed E-state index contributed by atoms with van der Waals surface area (Å²) < 4.78 is 34.0. The van der Waals surface area contributed by atoms with Crippen LogP contribution in [-0.2, 0) is 0 Å². The second kappa shape index (κ2) is 9.42. The highest BCUT2D eigenvalue weighted by molar-refractivity contribution is 7.98. The van der Waals surface area contributed by atoms with Crippen LogP contribution in [0.5, 0.6) is 0 Å². The van der Waals surface area contributed by atoms with Crippen molar-refractivity contribution in [2.45, 2.75) is 12.6 Å². The second-order valence-electron chi connectivity index (χ2n) is 7.50. The molecule has 0 aliphatic carbocycles. The number of halogens is 2. The van der Waals surface area contributed by atoms with E-state index in [1.807, 2.05) is 34.6 Å². The predicted molar refractivity (Wildman–Crippen MR) is 131 cm³/mol. The van der Waals surface area contributed by atoms with Crippen LogP contribution in [0.25, 0.3) is 32.4 Å². The van der Waals surface area contributed by atoms with Crippen LogP contribution in [0.1, 0.15) is 6.42 Å². The topological polar surface area (TPSA) is 80.0 Å². The first-order valence-corrected chi connectivity index (χ1v) is 11.9. The lowest BCUT2D eigenvalue weighted by atomic mass is 10.1. The molecule has 1 fully saturated rings. The van der Waals surface area contributed by atoms with E-state index in [0.29, 0.717) is 47.0 Å². The lowest BCUT2D eigenvalue weighted by Crippen LogP contribution is -2.15. The van der Waals surface area contributed by atoms with Crippen molar-refractivity contribution in [3.63, 3.8) is 0 Å². The molecule has 0 bridgehead atoms. The molecule has 1 atom stereocenters. The standard InChI is InChI=1S/C23H20F2N6S2/c24-15-10-12-31(13-15)33-30-17-8-4-7-16(19(17)25)20-21(18-9-11-27-23(26)28-18)32-22(29-20)14-5-2-1-3-6-14/h1-9,11,15,30H,10,12-13H2,(H2,26,27,28)/t15-/m1/s1. The van der Waals surface area contributed by atoms with Crippen molar-refractivity contribution in [3.05, 3.63) is 66.6 Å². The number of nitrogen functional groups attached to an aromatic ring is 1. The van der Waals surface area contributed by atoms with Crippen molar-refractivity contribution in [2.24, 2.45) is 0 Å². The largest absolute Gasteiger partial charge is 0.368 e.